The first-order chi connectivity index (χ1) is 9.48. The largest absolute Gasteiger partial charge is 0.396 e. The monoisotopic (exact) mass is 278 g/mol. The molecule has 0 fully saturated rings. The van der Waals surface area contributed by atoms with E-state index in [0.717, 1.165) is 12.0 Å². The third-order valence-electron chi connectivity index (χ3n) is 3.49. The van der Waals surface area contributed by atoms with Crippen molar-refractivity contribution in [2.75, 3.05) is 13.2 Å². The van der Waals surface area contributed by atoms with E-state index in [1.165, 1.54) is 0 Å². The highest BCUT2D eigenvalue weighted by molar-refractivity contribution is 5.78. The molecule has 20 heavy (non-hydrogen) atoms. The van der Waals surface area contributed by atoms with Crippen LogP contribution in [0.25, 0.3) is 0 Å². The first kappa shape index (κ1) is 16.7. The van der Waals surface area contributed by atoms with Gasteiger partial charge in [0.2, 0.25) is 5.91 Å². The molecule has 1 atom stereocenters. The Labute approximate surface area is 121 Å². The Morgan fingerprint density at radius 1 is 1.30 bits per heavy atom. The molecule has 0 aliphatic rings. The Hall–Kier alpha value is -1.39. The molecular weight excluding hydrogens is 252 g/mol. The summed E-state index contributed by atoms with van der Waals surface area (Å²) in [6, 6.07) is 9.87. The van der Waals surface area contributed by atoms with Crippen molar-refractivity contribution < 1.29 is 9.90 Å². The van der Waals surface area contributed by atoms with E-state index < -0.39 is 0 Å². The number of nitrogens with one attached hydrogen (secondary N) is 2. The minimum atomic E-state index is -0.183. The number of benzene rings is 1. The second-order valence-corrected chi connectivity index (χ2v) is 5.64. The zero-order valence-electron chi connectivity index (χ0n) is 12.6. The van der Waals surface area contributed by atoms with Gasteiger partial charge in [-0.25, -0.2) is 0 Å². The van der Waals surface area contributed by atoms with Gasteiger partial charge < -0.3 is 15.7 Å². The van der Waals surface area contributed by atoms with Crippen LogP contribution in [0, 0.1) is 0 Å². The molecule has 0 aliphatic carbocycles. The summed E-state index contributed by atoms with van der Waals surface area (Å²) in [5.74, 6) is -0.0179. The number of amides is 1. The summed E-state index contributed by atoms with van der Waals surface area (Å²) in [6.07, 6.45) is 1.48. The van der Waals surface area contributed by atoms with Gasteiger partial charge in [-0.2, -0.15) is 0 Å². The van der Waals surface area contributed by atoms with Crippen LogP contribution in [0.2, 0.25) is 0 Å². The van der Waals surface area contributed by atoms with Crippen molar-refractivity contribution in [3.05, 3.63) is 35.9 Å². The van der Waals surface area contributed by atoms with E-state index in [-0.39, 0.29) is 30.6 Å². The van der Waals surface area contributed by atoms with Crippen molar-refractivity contribution in [2.45, 2.75) is 45.2 Å². The lowest BCUT2D eigenvalue weighted by molar-refractivity contribution is -0.122. The summed E-state index contributed by atoms with van der Waals surface area (Å²) < 4.78 is 0. The maximum Gasteiger partial charge on any atom is 0.234 e. The first-order valence-electron chi connectivity index (χ1n) is 7.18. The molecule has 1 aromatic rings. The zero-order chi connectivity index (χ0) is 15.0. The van der Waals surface area contributed by atoms with Crippen molar-refractivity contribution in [1.82, 2.24) is 10.6 Å². The number of carbonyl (C=O) groups excluding carboxylic acids is 1. The maximum atomic E-state index is 11.9. The Kier molecular flexibility index (Phi) is 6.68. The Balaban J connectivity index is 2.54. The predicted octanol–water partition coefficient (Wildman–Crippen LogP) is 2.00. The van der Waals surface area contributed by atoms with Crippen LogP contribution in [0.3, 0.4) is 0 Å². The van der Waals surface area contributed by atoms with Crippen molar-refractivity contribution in [1.29, 1.82) is 0 Å². The van der Waals surface area contributed by atoms with Gasteiger partial charge in [0.05, 0.1) is 6.54 Å². The Bertz CT molecular complexity index is 404. The number of aliphatic hydroxyl groups is 1. The Morgan fingerprint density at radius 3 is 2.50 bits per heavy atom. The lowest BCUT2D eigenvalue weighted by atomic mass is 10.0. The van der Waals surface area contributed by atoms with E-state index in [4.69, 9.17) is 5.11 Å². The minimum Gasteiger partial charge on any atom is -0.396 e. The van der Waals surface area contributed by atoms with Crippen LogP contribution in [-0.2, 0) is 4.79 Å². The average Bonchev–Trinajstić information content (AvgIpc) is 2.44. The van der Waals surface area contributed by atoms with Gasteiger partial charge in [-0.3, -0.25) is 4.79 Å². The molecule has 4 heteroatoms. The van der Waals surface area contributed by atoms with Crippen molar-refractivity contribution >= 4 is 5.91 Å². The third kappa shape index (κ3) is 5.72. The van der Waals surface area contributed by atoms with E-state index >= 15 is 0 Å². The van der Waals surface area contributed by atoms with Gasteiger partial charge in [0, 0.05) is 18.2 Å². The van der Waals surface area contributed by atoms with Gasteiger partial charge in [-0.1, -0.05) is 37.3 Å². The fraction of sp³-hybridized carbons (Fsp3) is 0.562. The molecule has 1 unspecified atom stereocenters. The lowest BCUT2D eigenvalue weighted by Gasteiger charge is -2.25. The van der Waals surface area contributed by atoms with Crippen LogP contribution >= 0.6 is 0 Å². The third-order valence-corrected chi connectivity index (χ3v) is 3.49. The van der Waals surface area contributed by atoms with Crippen LogP contribution in [0.4, 0.5) is 0 Å². The molecule has 3 N–H and O–H groups in total. The van der Waals surface area contributed by atoms with E-state index in [0.29, 0.717) is 6.42 Å². The topological polar surface area (TPSA) is 61.4 Å². The van der Waals surface area contributed by atoms with Crippen LogP contribution in [0.15, 0.2) is 30.3 Å². The normalized spacial score (nSPS) is 13.0. The zero-order valence-corrected chi connectivity index (χ0v) is 12.6. The highest BCUT2D eigenvalue weighted by Gasteiger charge is 2.18. The quantitative estimate of drug-likeness (QED) is 0.681. The van der Waals surface area contributed by atoms with E-state index in [1.54, 1.807) is 0 Å². The molecule has 1 aromatic carbocycles. The summed E-state index contributed by atoms with van der Waals surface area (Å²) in [5, 5.41) is 15.3. The molecule has 0 heterocycles. The number of hydrogen-bond acceptors (Lipinski definition) is 3. The molecule has 0 spiro atoms. The standard InChI is InChI=1S/C16H26N2O2/c1-4-16(2,3)18-15(20)12-17-14(10-11-19)13-8-6-5-7-9-13/h5-9,14,17,19H,4,10-12H2,1-3H3,(H,18,20). The molecule has 4 nitrogen and oxygen atoms in total. The molecule has 1 amide bonds. The van der Waals surface area contributed by atoms with E-state index in [9.17, 15) is 4.79 Å². The predicted molar refractivity (Wildman–Crippen MR) is 81.4 cm³/mol. The van der Waals surface area contributed by atoms with Gasteiger partial charge in [-0.05, 0) is 32.3 Å². The molecule has 0 aromatic heterocycles. The second kappa shape index (κ2) is 8.02. The molecule has 0 radical (unpaired) electrons. The summed E-state index contributed by atoms with van der Waals surface area (Å²) in [6.45, 7) is 6.41. The fourth-order valence-corrected chi connectivity index (χ4v) is 1.93. The molecular formula is C16H26N2O2. The van der Waals surface area contributed by atoms with E-state index in [2.05, 4.69) is 10.6 Å². The maximum absolute atomic E-state index is 11.9. The van der Waals surface area contributed by atoms with Crippen LogP contribution in [0.5, 0.6) is 0 Å². The highest BCUT2D eigenvalue weighted by atomic mass is 16.3. The summed E-state index contributed by atoms with van der Waals surface area (Å²) in [5.41, 5.74) is 0.905. The second-order valence-electron chi connectivity index (χ2n) is 5.64. The van der Waals surface area contributed by atoms with Crippen LogP contribution in [-0.4, -0.2) is 29.7 Å². The van der Waals surface area contributed by atoms with Gasteiger partial charge in [0.15, 0.2) is 0 Å². The first-order valence-corrected chi connectivity index (χ1v) is 7.18. The number of hydrogen-bond donors (Lipinski definition) is 3. The molecule has 0 aliphatic heterocycles. The fourth-order valence-electron chi connectivity index (χ4n) is 1.93. The molecule has 0 saturated carbocycles. The van der Waals surface area contributed by atoms with Crippen LogP contribution < -0.4 is 10.6 Å². The van der Waals surface area contributed by atoms with E-state index in [1.807, 2.05) is 51.1 Å². The van der Waals surface area contributed by atoms with Gasteiger partial charge >= 0.3 is 0 Å². The SMILES string of the molecule is CCC(C)(C)NC(=O)CNC(CCO)c1ccccc1. The van der Waals surface area contributed by atoms with Crippen LogP contribution in [0.1, 0.15) is 45.2 Å². The number of carbonyl (C=O) groups is 1. The summed E-state index contributed by atoms with van der Waals surface area (Å²) in [7, 11) is 0. The molecule has 0 saturated heterocycles. The average molecular weight is 278 g/mol. The van der Waals surface area contributed by atoms with Crippen molar-refractivity contribution in [3.8, 4) is 0 Å². The minimum absolute atomic E-state index is 0.00307. The van der Waals surface area contributed by atoms with Crippen molar-refractivity contribution in [2.24, 2.45) is 0 Å². The lowest BCUT2D eigenvalue weighted by Crippen LogP contribution is -2.47. The Morgan fingerprint density at radius 2 is 1.95 bits per heavy atom. The summed E-state index contributed by atoms with van der Waals surface area (Å²) in [4.78, 5) is 11.9. The van der Waals surface area contributed by atoms with Gasteiger partial charge in [0.1, 0.15) is 0 Å². The number of rotatable bonds is 8. The molecule has 0 bridgehead atoms. The van der Waals surface area contributed by atoms with Gasteiger partial charge in [-0.15, -0.1) is 0 Å². The molecule has 112 valence electrons. The number of aliphatic hydroxyl groups excluding tert-OH is 1. The van der Waals surface area contributed by atoms with Gasteiger partial charge in [0.25, 0.3) is 0 Å². The summed E-state index contributed by atoms with van der Waals surface area (Å²) >= 11 is 0. The molecule has 1 rings (SSSR count). The van der Waals surface area contributed by atoms with Crippen molar-refractivity contribution in [3.63, 3.8) is 0 Å². The smallest absolute Gasteiger partial charge is 0.234 e. The highest BCUT2D eigenvalue weighted by Crippen LogP contribution is 2.15.